The second-order valence-electron chi connectivity index (χ2n) is 6.91. The Balaban J connectivity index is 1.55. The Labute approximate surface area is 151 Å². The smallest absolute Gasteiger partial charge is 0.227 e. The molecule has 1 heterocycles. The Bertz CT molecular complexity index is 673. The first-order valence-electron chi connectivity index (χ1n) is 9.29. The van der Waals surface area contributed by atoms with Gasteiger partial charge >= 0.3 is 0 Å². The zero-order valence-corrected chi connectivity index (χ0v) is 15.3. The van der Waals surface area contributed by atoms with Gasteiger partial charge in [0.1, 0.15) is 0 Å². The predicted octanol–water partition coefficient (Wildman–Crippen LogP) is 3.83. The van der Waals surface area contributed by atoms with Crippen LogP contribution in [0.1, 0.15) is 36.1 Å². The van der Waals surface area contributed by atoms with E-state index in [0.717, 1.165) is 38.2 Å². The molecule has 1 unspecified atom stereocenters. The van der Waals surface area contributed by atoms with Gasteiger partial charge in [0.2, 0.25) is 5.91 Å². The zero-order valence-electron chi connectivity index (χ0n) is 15.3. The van der Waals surface area contributed by atoms with Crippen molar-refractivity contribution in [2.24, 2.45) is 0 Å². The van der Waals surface area contributed by atoms with Crippen molar-refractivity contribution in [3.05, 3.63) is 71.3 Å². The van der Waals surface area contributed by atoms with E-state index in [9.17, 15) is 4.79 Å². The van der Waals surface area contributed by atoms with Crippen LogP contribution in [0.5, 0.6) is 0 Å². The molecule has 3 heteroatoms. The number of hydrogen-bond donors (Lipinski definition) is 0. The number of carbonyl (C=O) groups is 1. The molecule has 0 aromatic heterocycles. The summed E-state index contributed by atoms with van der Waals surface area (Å²) >= 11 is 0. The summed E-state index contributed by atoms with van der Waals surface area (Å²) in [5, 5.41) is 0. The molecule has 1 saturated heterocycles. The molecule has 2 aromatic rings. The summed E-state index contributed by atoms with van der Waals surface area (Å²) in [5.41, 5.74) is 3.72. The molecule has 0 saturated carbocycles. The Morgan fingerprint density at radius 1 is 0.960 bits per heavy atom. The average Bonchev–Trinajstić information content (AvgIpc) is 2.66. The van der Waals surface area contributed by atoms with Crippen LogP contribution in [0.15, 0.2) is 54.6 Å². The summed E-state index contributed by atoms with van der Waals surface area (Å²) in [4.78, 5) is 17.1. The lowest BCUT2D eigenvalue weighted by atomic mass is 10.0. The average molecular weight is 336 g/mol. The van der Waals surface area contributed by atoms with Crippen LogP contribution in [0.3, 0.4) is 0 Å². The van der Waals surface area contributed by atoms with Crippen molar-refractivity contribution in [3.8, 4) is 0 Å². The van der Waals surface area contributed by atoms with Crippen molar-refractivity contribution in [1.82, 2.24) is 9.80 Å². The van der Waals surface area contributed by atoms with Crippen molar-refractivity contribution >= 4 is 5.91 Å². The molecule has 1 aliphatic rings. The molecule has 3 nitrogen and oxygen atoms in total. The van der Waals surface area contributed by atoms with Crippen molar-refractivity contribution in [2.75, 3.05) is 26.2 Å². The highest BCUT2D eigenvalue weighted by atomic mass is 16.2. The van der Waals surface area contributed by atoms with Gasteiger partial charge in [-0.25, -0.2) is 0 Å². The van der Waals surface area contributed by atoms with Crippen LogP contribution in [-0.4, -0.2) is 41.9 Å². The lowest BCUT2D eigenvalue weighted by molar-refractivity contribution is -0.132. The normalized spacial score (nSPS) is 16.6. The van der Waals surface area contributed by atoms with Crippen molar-refractivity contribution in [1.29, 1.82) is 0 Å². The molecule has 0 bridgehead atoms. The fourth-order valence-electron chi connectivity index (χ4n) is 3.66. The van der Waals surface area contributed by atoms with E-state index < -0.39 is 0 Å². The minimum absolute atomic E-state index is 0.247. The molecule has 0 aliphatic carbocycles. The quantitative estimate of drug-likeness (QED) is 0.828. The van der Waals surface area contributed by atoms with Gasteiger partial charge in [0.25, 0.3) is 0 Å². The van der Waals surface area contributed by atoms with Gasteiger partial charge in [-0.1, -0.05) is 67.1 Å². The van der Waals surface area contributed by atoms with Crippen LogP contribution in [0.4, 0.5) is 0 Å². The third-order valence-electron chi connectivity index (χ3n) is 5.15. The monoisotopic (exact) mass is 336 g/mol. The summed E-state index contributed by atoms with van der Waals surface area (Å²) < 4.78 is 0. The number of amides is 1. The number of nitrogens with zero attached hydrogens (tertiary/aromatic N) is 2. The molecule has 25 heavy (non-hydrogen) atoms. The first-order chi connectivity index (χ1) is 12.2. The standard InChI is InChI=1S/C22H28N2O/c1-3-21(20-7-5-4-6-8-20)23-13-15-24(16-14-23)22(25)17-19-11-9-18(2)10-12-19/h4-12,21H,3,13-17H2,1-2H3. The van der Waals surface area contributed by atoms with Gasteiger partial charge in [0.05, 0.1) is 6.42 Å². The summed E-state index contributed by atoms with van der Waals surface area (Å²) in [6.45, 7) is 7.87. The van der Waals surface area contributed by atoms with Crippen LogP contribution in [0.2, 0.25) is 0 Å². The van der Waals surface area contributed by atoms with E-state index in [0.29, 0.717) is 12.5 Å². The lowest BCUT2D eigenvalue weighted by Gasteiger charge is -2.39. The zero-order chi connectivity index (χ0) is 17.6. The van der Waals surface area contributed by atoms with Crippen molar-refractivity contribution < 1.29 is 4.79 Å². The Hall–Kier alpha value is -2.13. The second-order valence-corrected chi connectivity index (χ2v) is 6.91. The van der Waals surface area contributed by atoms with Gasteiger partial charge in [-0.3, -0.25) is 9.69 Å². The van der Waals surface area contributed by atoms with Crippen LogP contribution in [-0.2, 0) is 11.2 Å². The van der Waals surface area contributed by atoms with E-state index in [4.69, 9.17) is 0 Å². The van der Waals surface area contributed by atoms with Gasteiger partial charge in [0, 0.05) is 32.2 Å². The number of hydrogen-bond acceptors (Lipinski definition) is 2. The molecule has 2 aromatic carbocycles. The molecule has 0 radical (unpaired) electrons. The topological polar surface area (TPSA) is 23.6 Å². The molecule has 0 spiro atoms. The van der Waals surface area contributed by atoms with Gasteiger partial charge in [-0.15, -0.1) is 0 Å². The molecule has 1 amide bonds. The molecule has 3 rings (SSSR count). The fraction of sp³-hybridized carbons (Fsp3) is 0.409. The summed E-state index contributed by atoms with van der Waals surface area (Å²) in [7, 11) is 0. The number of piperazine rings is 1. The predicted molar refractivity (Wildman–Crippen MR) is 103 cm³/mol. The number of aryl methyl sites for hydroxylation is 1. The SMILES string of the molecule is CCC(c1ccccc1)N1CCN(C(=O)Cc2ccc(C)cc2)CC1. The van der Waals surface area contributed by atoms with Crippen molar-refractivity contribution in [3.63, 3.8) is 0 Å². The second kappa shape index (κ2) is 8.30. The summed E-state index contributed by atoms with van der Waals surface area (Å²) in [6, 6.07) is 19.4. The van der Waals surface area contributed by atoms with E-state index in [-0.39, 0.29) is 5.91 Å². The van der Waals surface area contributed by atoms with Gasteiger partial charge in [-0.2, -0.15) is 0 Å². The first kappa shape index (κ1) is 17.7. The summed E-state index contributed by atoms with van der Waals surface area (Å²) in [6.07, 6.45) is 1.61. The van der Waals surface area contributed by atoms with Gasteiger partial charge in [-0.05, 0) is 24.5 Å². The van der Waals surface area contributed by atoms with Gasteiger partial charge in [0.15, 0.2) is 0 Å². The van der Waals surface area contributed by atoms with E-state index >= 15 is 0 Å². The minimum Gasteiger partial charge on any atom is -0.340 e. The third-order valence-corrected chi connectivity index (χ3v) is 5.15. The van der Waals surface area contributed by atoms with Crippen LogP contribution in [0.25, 0.3) is 0 Å². The number of rotatable bonds is 5. The van der Waals surface area contributed by atoms with Crippen molar-refractivity contribution in [2.45, 2.75) is 32.7 Å². The maximum atomic E-state index is 12.6. The Morgan fingerprint density at radius 2 is 1.60 bits per heavy atom. The molecule has 1 fully saturated rings. The maximum Gasteiger partial charge on any atom is 0.227 e. The largest absolute Gasteiger partial charge is 0.340 e. The van der Waals surface area contributed by atoms with E-state index in [1.165, 1.54) is 11.1 Å². The molecule has 1 aliphatic heterocycles. The van der Waals surface area contributed by atoms with Crippen LogP contribution < -0.4 is 0 Å². The fourth-order valence-corrected chi connectivity index (χ4v) is 3.66. The molecule has 0 N–H and O–H groups in total. The van der Waals surface area contributed by atoms with E-state index in [2.05, 4.69) is 73.3 Å². The highest BCUT2D eigenvalue weighted by Gasteiger charge is 2.26. The van der Waals surface area contributed by atoms with Crippen LogP contribution >= 0.6 is 0 Å². The number of carbonyl (C=O) groups excluding carboxylic acids is 1. The third kappa shape index (κ3) is 4.49. The first-order valence-corrected chi connectivity index (χ1v) is 9.29. The van der Waals surface area contributed by atoms with Gasteiger partial charge < -0.3 is 4.90 Å². The van der Waals surface area contributed by atoms with E-state index in [1.807, 2.05) is 4.90 Å². The number of benzene rings is 2. The van der Waals surface area contributed by atoms with Crippen LogP contribution in [0, 0.1) is 6.92 Å². The maximum absolute atomic E-state index is 12.6. The molecule has 1 atom stereocenters. The minimum atomic E-state index is 0.247. The summed E-state index contributed by atoms with van der Waals surface area (Å²) in [5.74, 6) is 0.247. The Morgan fingerprint density at radius 3 is 2.20 bits per heavy atom. The molecular formula is C22H28N2O. The molecule has 132 valence electrons. The lowest BCUT2D eigenvalue weighted by Crippen LogP contribution is -2.50. The highest BCUT2D eigenvalue weighted by Crippen LogP contribution is 2.25. The van der Waals surface area contributed by atoms with E-state index in [1.54, 1.807) is 0 Å². The highest BCUT2D eigenvalue weighted by molar-refractivity contribution is 5.78. The molecular weight excluding hydrogens is 308 g/mol. The Kier molecular flexibility index (Phi) is 5.87.